The summed E-state index contributed by atoms with van der Waals surface area (Å²) in [7, 11) is -4.60. The molecule has 4 aromatic carbocycles. The number of hydrogen-bond donors (Lipinski definition) is 2. The van der Waals surface area contributed by atoms with E-state index in [1.807, 2.05) is 0 Å². The lowest BCUT2D eigenvalue weighted by Crippen LogP contribution is -2.12. The van der Waals surface area contributed by atoms with Crippen LogP contribution < -0.4 is 18.9 Å². The Hall–Kier alpha value is -4.55. The number of nitrogens with zero attached hydrogens (tertiary/aromatic N) is 1. The molecule has 5 rings (SSSR count). The van der Waals surface area contributed by atoms with Crippen molar-refractivity contribution in [2.45, 2.75) is 9.79 Å². The first-order valence-electron chi connectivity index (χ1n) is 11.5. The molecular formula is C27H23N3O7S2. The van der Waals surface area contributed by atoms with Crippen LogP contribution in [0.2, 0.25) is 0 Å². The lowest BCUT2D eigenvalue weighted by molar-refractivity contribution is 0.414. The highest BCUT2D eigenvalue weighted by Crippen LogP contribution is 2.29. The van der Waals surface area contributed by atoms with E-state index in [0.717, 1.165) is 0 Å². The van der Waals surface area contributed by atoms with Crippen LogP contribution in [0.1, 0.15) is 0 Å². The molecule has 0 unspecified atom stereocenters. The minimum absolute atomic E-state index is 0.0898. The fourth-order valence-electron chi connectivity index (χ4n) is 3.73. The maximum atomic E-state index is 12.8. The lowest BCUT2D eigenvalue weighted by atomic mass is 10.2. The van der Waals surface area contributed by atoms with E-state index < -0.39 is 20.0 Å². The van der Waals surface area contributed by atoms with Crippen molar-refractivity contribution in [1.29, 1.82) is 0 Å². The van der Waals surface area contributed by atoms with Gasteiger partial charge in [-0.3, -0.25) is 9.44 Å². The number of methoxy groups -OCH3 is 2. The van der Waals surface area contributed by atoms with E-state index in [2.05, 4.69) is 14.4 Å². The van der Waals surface area contributed by atoms with Gasteiger partial charge in [0, 0.05) is 11.3 Å². The first kappa shape index (κ1) is 26.1. The Morgan fingerprint density at radius 1 is 0.641 bits per heavy atom. The smallest absolute Gasteiger partial charge is 0.261 e. The van der Waals surface area contributed by atoms with Crippen molar-refractivity contribution in [3.63, 3.8) is 0 Å². The Labute approximate surface area is 225 Å². The number of ether oxygens (including phenoxy) is 2. The summed E-state index contributed by atoms with van der Waals surface area (Å²) >= 11 is 0. The summed E-state index contributed by atoms with van der Waals surface area (Å²) in [6.07, 6.45) is 0. The minimum Gasteiger partial charge on any atom is -0.497 e. The Balaban J connectivity index is 1.32. The van der Waals surface area contributed by atoms with Crippen molar-refractivity contribution in [2.75, 3.05) is 23.7 Å². The molecule has 2 N–H and O–H groups in total. The summed E-state index contributed by atoms with van der Waals surface area (Å²) in [6.45, 7) is 0. The van der Waals surface area contributed by atoms with Gasteiger partial charge in [0.15, 0.2) is 5.58 Å². The van der Waals surface area contributed by atoms with Gasteiger partial charge < -0.3 is 13.9 Å². The second-order valence-corrected chi connectivity index (χ2v) is 11.7. The summed E-state index contributed by atoms with van der Waals surface area (Å²) < 4.78 is 71.9. The van der Waals surface area contributed by atoms with E-state index >= 15 is 0 Å². The van der Waals surface area contributed by atoms with E-state index in [4.69, 9.17) is 13.9 Å². The van der Waals surface area contributed by atoms with Crippen LogP contribution in [0.25, 0.3) is 22.6 Å². The summed E-state index contributed by atoms with van der Waals surface area (Å²) in [6, 6.07) is 23.4. The second kappa shape index (κ2) is 10.3. The third kappa shape index (κ3) is 5.66. The van der Waals surface area contributed by atoms with Gasteiger partial charge in [0.1, 0.15) is 17.0 Å². The highest BCUT2D eigenvalue weighted by molar-refractivity contribution is 7.93. The first-order valence-corrected chi connectivity index (χ1v) is 14.5. The number of fused-ring (bicyclic) bond motifs is 1. The summed E-state index contributed by atoms with van der Waals surface area (Å²) in [5, 5.41) is 0. The van der Waals surface area contributed by atoms with E-state index in [-0.39, 0.29) is 9.79 Å². The zero-order valence-electron chi connectivity index (χ0n) is 20.8. The van der Waals surface area contributed by atoms with Crippen LogP contribution >= 0.6 is 0 Å². The van der Waals surface area contributed by atoms with Gasteiger partial charge in [-0.05, 0) is 91.0 Å². The predicted octanol–water partition coefficient (Wildman–Crippen LogP) is 5.11. The van der Waals surface area contributed by atoms with Crippen molar-refractivity contribution in [2.24, 2.45) is 0 Å². The number of sulfonamides is 2. The molecule has 1 heterocycles. The SMILES string of the molecule is COc1ccc(S(=O)(=O)Nc2ccc(-c3nc4cc(NS(=O)(=O)c5ccc(OC)cc5)ccc4o3)cc2)cc1. The topological polar surface area (TPSA) is 137 Å². The molecule has 0 aliphatic heterocycles. The average molecular weight is 566 g/mol. The number of rotatable bonds is 9. The molecule has 1 aromatic heterocycles. The van der Waals surface area contributed by atoms with Gasteiger partial charge in [-0.2, -0.15) is 0 Å². The van der Waals surface area contributed by atoms with Crippen molar-refractivity contribution < 1.29 is 30.7 Å². The quantitative estimate of drug-likeness (QED) is 0.251. The fourth-order valence-corrected chi connectivity index (χ4v) is 5.84. The Bertz CT molecular complexity index is 1830. The lowest BCUT2D eigenvalue weighted by Gasteiger charge is -2.09. The second-order valence-electron chi connectivity index (χ2n) is 8.34. The molecule has 10 nitrogen and oxygen atoms in total. The van der Waals surface area contributed by atoms with Gasteiger partial charge in [-0.15, -0.1) is 0 Å². The van der Waals surface area contributed by atoms with Gasteiger partial charge in [-0.25, -0.2) is 21.8 Å². The number of aromatic nitrogens is 1. The molecule has 0 amide bonds. The van der Waals surface area contributed by atoms with Crippen molar-refractivity contribution >= 4 is 42.5 Å². The zero-order valence-corrected chi connectivity index (χ0v) is 22.4. The molecule has 0 aliphatic carbocycles. The number of benzene rings is 4. The largest absolute Gasteiger partial charge is 0.497 e. The Morgan fingerprint density at radius 2 is 1.13 bits per heavy atom. The van der Waals surface area contributed by atoms with Gasteiger partial charge >= 0.3 is 0 Å². The third-order valence-corrected chi connectivity index (χ3v) is 8.56. The van der Waals surface area contributed by atoms with E-state index in [1.165, 1.54) is 38.5 Å². The number of anilines is 2. The zero-order chi connectivity index (χ0) is 27.6. The van der Waals surface area contributed by atoms with Crippen molar-refractivity contribution in [1.82, 2.24) is 4.98 Å². The van der Waals surface area contributed by atoms with E-state index in [1.54, 1.807) is 66.7 Å². The monoisotopic (exact) mass is 565 g/mol. The molecule has 0 saturated carbocycles. The maximum absolute atomic E-state index is 12.8. The Morgan fingerprint density at radius 3 is 1.64 bits per heavy atom. The van der Waals surface area contributed by atoms with Crippen LogP contribution in [0.5, 0.6) is 11.5 Å². The third-order valence-electron chi connectivity index (χ3n) is 5.76. The normalized spacial score (nSPS) is 11.7. The molecule has 39 heavy (non-hydrogen) atoms. The van der Waals surface area contributed by atoms with Crippen LogP contribution in [-0.4, -0.2) is 36.0 Å². The molecule has 0 atom stereocenters. The maximum Gasteiger partial charge on any atom is 0.261 e. The molecule has 0 radical (unpaired) electrons. The van der Waals surface area contributed by atoms with E-state index in [0.29, 0.717) is 45.4 Å². The minimum atomic E-state index is -3.82. The van der Waals surface area contributed by atoms with Gasteiger partial charge in [0.05, 0.1) is 29.7 Å². The average Bonchev–Trinajstić information content (AvgIpc) is 3.36. The standard InChI is InChI=1S/C27H23N3O7S2/c1-35-21-8-12-23(13-9-21)38(31,32)29-19-5-3-18(4-6-19)27-28-25-17-20(7-16-26(25)37-27)30-39(33,34)24-14-10-22(36-2)11-15-24/h3-17,29-30H,1-2H3. The summed E-state index contributed by atoms with van der Waals surface area (Å²) in [5.74, 6) is 1.40. The predicted molar refractivity (Wildman–Crippen MR) is 147 cm³/mol. The molecule has 200 valence electrons. The van der Waals surface area contributed by atoms with Crippen LogP contribution in [0, 0.1) is 0 Å². The highest BCUT2D eigenvalue weighted by Gasteiger charge is 2.17. The molecular weight excluding hydrogens is 542 g/mol. The van der Waals surface area contributed by atoms with Gasteiger partial charge in [0.2, 0.25) is 5.89 Å². The molecule has 0 bridgehead atoms. The molecule has 0 saturated heterocycles. The van der Waals surface area contributed by atoms with Crippen molar-refractivity contribution in [3.8, 4) is 23.0 Å². The first-order chi connectivity index (χ1) is 18.7. The molecule has 0 aliphatic rings. The number of hydrogen-bond acceptors (Lipinski definition) is 8. The molecule has 5 aromatic rings. The molecule has 0 spiro atoms. The number of oxazole rings is 1. The molecule has 12 heteroatoms. The van der Waals surface area contributed by atoms with E-state index in [9.17, 15) is 16.8 Å². The summed E-state index contributed by atoms with van der Waals surface area (Å²) in [5.41, 5.74) is 2.20. The van der Waals surface area contributed by atoms with Crippen LogP contribution in [-0.2, 0) is 20.0 Å². The number of nitrogens with one attached hydrogen (secondary N) is 2. The highest BCUT2D eigenvalue weighted by atomic mass is 32.2. The fraction of sp³-hybridized carbons (Fsp3) is 0.0741. The summed E-state index contributed by atoms with van der Waals surface area (Å²) in [4.78, 5) is 4.66. The van der Waals surface area contributed by atoms with Gasteiger partial charge in [-0.1, -0.05) is 0 Å². The Kier molecular flexibility index (Phi) is 6.89. The van der Waals surface area contributed by atoms with Crippen LogP contribution in [0.3, 0.4) is 0 Å². The van der Waals surface area contributed by atoms with Crippen LogP contribution in [0.15, 0.2) is 105 Å². The molecule has 0 fully saturated rings. The van der Waals surface area contributed by atoms with Gasteiger partial charge in [0.25, 0.3) is 20.0 Å². The van der Waals surface area contributed by atoms with Crippen molar-refractivity contribution in [3.05, 3.63) is 91.0 Å². The van der Waals surface area contributed by atoms with Crippen LogP contribution in [0.4, 0.5) is 11.4 Å².